The fourth-order valence-corrected chi connectivity index (χ4v) is 0. The van der Waals surface area contributed by atoms with Crippen LogP contribution in [0.25, 0.3) is 0 Å². The predicted octanol–water partition coefficient (Wildman–Crippen LogP) is -0.146. The van der Waals surface area contributed by atoms with Crippen molar-refractivity contribution in [3.63, 3.8) is 0 Å². The lowest BCUT2D eigenvalue weighted by molar-refractivity contribution is 0.489. The molecule has 2 atom stereocenters. The van der Waals surface area contributed by atoms with Gasteiger partial charge in [-0.1, -0.05) is 0 Å². The van der Waals surface area contributed by atoms with Crippen molar-refractivity contribution >= 4 is 44.9 Å². The summed E-state index contributed by atoms with van der Waals surface area (Å²) in [7, 11) is -4.86. The molecule has 6 nitrogen and oxygen atoms in total. The first kappa shape index (κ1) is 29.7. The second-order valence-corrected chi connectivity index (χ2v) is 4.40. The van der Waals surface area contributed by atoms with E-state index in [-0.39, 0.29) is 19.8 Å². The van der Waals surface area contributed by atoms with Crippen LogP contribution in [0.4, 0.5) is 0 Å². The lowest BCUT2D eigenvalue weighted by Crippen LogP contribution is -1.52. The summed E-state index contributed by atoms with van der Waals surface area (Å²) >= 11 is 0. The molecule has 11 heteroatoms. The molecule has 0 saturated carbocycles. The van der Waals surface area contributed by atoms with Gasteiger partial charge in [0.15, 0.2) is 25.1 Å². The molecule has 0 amide bonds. The number of rotatable bonds is 0. The van der Waals surface area contributed by atoms with Crippen LogP contribution in [0.2, 0.25) is 0 Å². The van der Waals surface area contributed by atoms with E-state index >= 15 is 0 Å². The van der Waals surface area contributed by atoms with Gasteiger partial charge in [-0.05, 0) is 0 Å². The fourth-order valence-electron chi connectivity index (χ4n) is 0. The molecule has 0 aliphatic carbocycles. The Morgan fingerprint density at radius 2 is 0.500 bits per heavy atom. The van der Waals surface area contributed by atoms with Gasteiger partial charge >= 0.3 is 0 Å². The van der Waals surface area contributed by atoms with Gasteiger partial charge in [0, 0.05) is 20.0 Å². The SMILES string of the molecule is CP(O)O.CP(O)O.CP(O)O.P.P. The molecule has 0 fully saturated rings. The molecule has 0 radical (unpaired) electrons. The van der Waals surface area contributed by atoms with E-state index in [1.54, 1.807) is 0 Å². The summed E-state index contributed by atoms with van der Waals surface area (Å²) in [5.74, 6) is 0. The summed E-state index contributed by atoms with van der Waals surface area (Å²) in [5.41, 5.74) is 0. The van der Waals surface area contributed by atoms with Crippen molar-refractivity contribution in [1.29, 1.82) is 0 Å². The van der Waals surface area contributed by atoms with Crippen LogP contribution in [0.5, 0.6) is 0 Å². The van der Waals surface area contributed by atoms with E-state index in [4.69, 9.17) is 29.4 Å². The Bertz CT molecular complexity index is 50.0. The summed E-state index contributed by atoms with van der Waals surface area (Å²) < 4.78 is 0. The van der Waals surface area contributed by atoms with Gasteiger partial charge in [-0.25, -0.2) is 0 Å². The van der Waals surface area contributed by atoms with Crippen molar-refractivity contribution in [3.8, 4) is 0 Å². The fraction of sp³-hybridized carbons (Fsp3) is 1.00. The summed E-state index contributed by atoms with van der Waals surface area (Å²) in [6.45, 7) is 4.03. The Morgan fingerprint density at radius 1 is 0.500 bits per heavy atom. The molecule has 0 aromatic carbocycles. The minimum Gasteiger partial charge on any atom is -0.350 e. The van der Waals surface area contributed by atoms with Crippen molar-refractivity contribution in [2.75, 3.05) is 20.0 Å². The predicted molar refractivity (Wildman–Crippen MR) is 74.1 cm³/mol. The molecule has 6 N–H and O–H groups in total. The average Bonchev–Trinajstić information content (AvgIpc) is 1.54. The Hall–Kier alpha value is 1.91. The van der Waals surface area contributed by atoms with Gasteiger partial charge in [0.2, 0.25) is 0 Å². The quantitative estimate of drug-likeness (QED) is 0.346. The zero-order valence-corrected chi connectivity index (χ0v) is 14.0. The van der Waals surface area contributed by atoms with Gasteiger partial charge in [0.25, 0.3) is 0 Å². The molecule has 0 aliphatic rings. The maximum atomic E-state index is 7.68. The molecule has 0 heterocycles. The van der Waals surface area contributed by atoms with Crippen molar-refractivity contribution in [2.45, 2.75) is 0 Å². The molecule has 0 aliphatic heterocycles. The minimum absolute atomic E-state index is 0. The Morgan fingerprint density at radius 3 is 0.500 bits per heavy atom. The molecule has 2 unspecified atom stereocenters. The molecular weight excluding hydrogens is 287 g/mol. The highest BCUT2D eigenvalue weighted by molar-refractivity contribution is 7.44. The molecule has 14 heavy (non-hydrogen) atoms. The first-order valence-electron chi connectivity index (χ1n) is 2.54. The van der Waals surface area contributed by atoms with Crippen LogP contribution in [0.3, 0.4) is 0 Å². The lowest BCUT2D eigenvalue weighted by Gasteiger charge is -1.79. The van der Waals surface area contributed by atoms with Gasteiger partial charge in [0.05, 0.1) is 0 Å². The summed E-state index contributed by atoms with van der Waals surface area (Å²) in [6, 6.07) is 0. The van der Waals surface area contributed by atoms with Gasteiger partial charge in [-0.15, -0.1) is 0 Å². The molecule has 0 rings (SSSR count). The number of hydrogen-bond donors (Lipinski definition) is 6. The average molecular weight is 308 g/mol. The Balaban J connectivity index is -0.0000000270. The monoisotopic (exact) mass is 308 g/mol. The van der Waals surface area contributed by atoms with Crippen LogP contribution in [0.15, 0.2) is 0 Å². The minimum atomic E-state index is -1.62. The highest BCUT2D eigenvalue weighted by Gasteiger charge is 1.72. The van der Waals surface area contributed by atoms with Crippen LogP contribution in [0.1, 0.15) is 0 Å². The summed E-state index contributed by atoms with van der Waals surface area (Å²) in [4.78, 5) is 46.1. The van der Waals surface area contributed by atoms with E-state index in [2.05, 4.69) is 0 Å². The largest absolute Gasteiger partial charge is 0.350 e. The topological polar surface area (TPSA) is 121 Å². The highest BCUT2D eigenvalue weighted by Crippen LogP contribution is 2.13. The molecule has 94 valence electrons. The molecule has 0 bridgehead atoms. The third kappa shape index (κ3) is 635. The van der Waals surface area contributed by atoms with Gasteiger partial charge in [-0.3, -0.25) is 0 Å². The van der Waals surface area contributed by atoms with Crippen molar-refractivity contribution in [3.05, 3.63) is 0 Å². The van der Waals surface area contributed by atoms with Gasteiger partial charge in [0.1, 0.15) is 0 Å². The number of hydrogen-bond acceptors (Lipinski definition) is 6. The van der Waals surface area contributed by atoms with Crippen molar-refractivity contribution < 1.29 is 29.4 Å². The smallest absolute Gasteiger partial charge is 0.161 e. The van der Waals surface area contributed by atoms with Crippen LogP contribution in [0, 0.1) is 0 Å². The highest BCUT2D eigenvalue weighted by atomic mass is 31.2. The van der Waals surface area contributed by atoms with Crippen LogP contribution < -0.4 is 0 Å². The Kier molecular flexibility index (Phi) is 51.4. The third-order valence-corrected chi connectivity index (χ3v) is 0. The van der Waals surface area contributed by atoms with E-state index < -0.39 is 25.1 Å². The van der Waals surface area contributed by atoms with E-state index in [9.17, 15) is 0 Å². The summed E-state index contributed by atoms with van der Waals surface area (Å²) in [5, 5.41) is 0. The van der Waals surface area contributed by atoms with E-state index in [0.717, 1.165) is 0 Å². The lowest BCUT2D eigenvalue weighted by atomic mass is 12.0. The van der Waals surface area contributed by atoms with Gasteiger partial charge < -0.3 is 29.4 Å². The molecule has 0 spiro atoms. The van der Waals surface area contributed by atoms with Crippen LogP contribution in [-0.4, -0.2) is 49.4 Å². The summed E-state index contributed by atoms with van der Waals surface area (Å²) in [6.07, 6.45) is 0. The van der Waals surface area contributed by atoms with E-state index in [0.29, 0.717) is 0 Å². The third-order valence-electron chi connectivity index (χ3n) is 0. The zero-order valence-electron chi connectivity index (χ0n) is 8.44. The van der Waals surface area contributed by atoms with Crippen LogP contribution in [-0.2, 0) is 0 Å². The standard InChI is InChI=1S/3CH5O2P.2H3P/c3*1-4(2)3;;/h3*2-3H,1H3;2*1H3. The van der Waals surface area contributed by atoms with Gasteiger partial charge in [-0.2, -0.15) is 19.8 Å². The Labute approximate surface area is 94.8 Å². The second-order valence-electron chi connectivity index (χ2n) is 1.47. The molecule has 0 aromatic rings. The maximum absolute atomic E-state index is 7.68. The van der Waals surface area contributed by atoms with E-state index in [1.165, 1.54) is 20.0 Å². The van der Waals surface area contributed by atoms with E-state index in [1.807, 2.05) is 0 Å². The first-order chi connectivity index (χ1) is 5.20. The van der Waals surface area contributed by atoms with Crippen molar-refractivity contribution in [2.24, 2.45) is 0 Å². The molecule has 0 saturated heterocycles. The zero-order chi connectivity index (χ0) is 10.7. The van der Waals surface area contributed by atoms with Crippen molar-refractivity contribution in [1.82, 2.24) is 0 Å². The second kappa shape index (κ2) is 24.2. The van der Waals surface area contributed by atoms with Crippen LogP contribution >= 0.6 is 44.9 Å². The first-order valence-corrected chi connectivity index (χ1v) is 7.62. The normalized spacial score (nSPS) is 7.71. The molecule has 0 aromatic heterocycles. The molecular formula is C3H21O6P5. The maximum Gasteiger partial charge on any atom is 0.161 e.